The molecule has 0 spiro atoms. The number of urea groups is 1. The Morgan fingerprint density at radius 2 is 1.86 bits per heavy atom. The Hall–Kier alpha value is -1.84. The molecular weight excluding hydrogens is 372 g/mol. The molecule has 4 aliphatic rings. The van der Waals surface area contributed by atoms with Crippen LogP contribution in [0.25, 0.3) is 0 Å². The van der Waals surface area contributed by atoms with Crippen LogP contribution in [-0.4, -0.2) is 127 Å². The van der Waals surface area contributed by atoms with Crippen molar-refractivity contribution in [1.82, 2.24) is 19.6 Å². The molecular formula is C20H33N6O3+. The van der Waals surface area contributed by atoms with Crippen LogP contribution >= 0.6 is 0 Å². The summed E-state index contributed by atoms with van der Waals surface area (Å²) in [4.78, 5) is 37.8. The Bertz CT molecular complexity index is 730. The van der Waals surface area contributed by atoms with Crippen molar-refractivity contribution in [2.75, 3.05) is 73.1 Å². The highest BCUT2D eigenvalue weighted by atomic mass is 16.5. The molecule has 29 heavy (non-hydrogen) atoms. The van der Waals surface area contributed by atoms with Gasteiger partial charge in [0.25, 0.3) is 17.8 Å². The fraction of sp³-hybridized carbons (Fsp3) is 0.800. The summed E-state index contributed by atoms with van der Waals surface area (Å²) >= 11 is 0. The molecule has 3 saturated heterocycles. The second-order valence-corrected chi connectivity index (χ2v) is 8.66. The molecule has 9 heteroatoms. The van der Waals surface area contributed by atoms with E-state index in [4.69, 9.17) is 9.73 Å². The van der Waals surface area contributed by atoms with Crippen molar-refractivity contribution in [3.8, 4) is 0 Å². The predicted octanol–water partition coefficient (Wildman–Crippen LogP) is -0.234. The van der Waals surface area contributed by atoms with Gasteiger partial charge in [0, 0.05) is 40.3 Å². The van der Waals surface area contributed by atoms with Crippen LogP contribution in [0.2, 0.25) is 0 Å². The van der Waals surface area contributed by atoms with Crippen LogP contribution in [-0.2, 0) is 9.53 Å². The molecule has 0 bridgehead atoms. The number of morpholine rings is 1. The zero-order valence-electron chi connectivity index (χ0n) is 17.8. The first kappa shape index (κ1) is 20.4. The van der Waals surface area contributed by atoms with Crippen LogP contribution in [0.15, 0.2) is 4.99 Å². The van der Waals surface area contributed by atoms with Crippen LogP contribution in [0.1, 0.15) is 19.8 Å². The van der Waals surface area contributed by atoms with Crippen LogP contribution in [0, 0.1) is 5.92 Å². The molecule has 9 nitrogen and oxygen atoms in total. The van der Waals surface area contributed by atoms with Gasteiger partial charge in [-0.1, -0.05) is 6.92 Å². The molecule has 2 atom stereocenters. The van der Waals surface area contributed by atoms with E-state index in [-0.39, 0.29) is 11.9 Å². The van der Waals surface area contributed by atoms with Crippen LogP contribution in [0.4, 0.5) is 4.79 Å². The summed E-state index contributed by atoms with van der Waals surface area (Å²) in [7, 11) is 3.27. The molecule has 2 unspecified atom stereocenters. The Morgan fingerprint density at radius 3 is 2.59 bits per heavy atom. The Morgan fingerprint density at radius 1 is 1.10 bits per heavy atom. The summed E-state index contributed by atoms with van der Waals surface area (Å²) in [5.41, 5.74) is 0. The molecule has 4 aliphatic heterocycles. The molecule has 0 aromatic rings. The number of ether oxygens (including phenoxy) is 1. The molecule has 0 radical (unpaired) electrons. The largest absolute Gasteiger partial charge is 0.379 e. The molecule has 0 saturated carbocycles. The van der Waals surface area contributed by atoms with E-state index in [1.807, 2.05) is 0 Å². The van der Waals surface area contributed by atoms with Crippen LogP contribution < -0.4 is 0 Å². The average Bonchev–Trinajstić information content (AvgIpc) is 3.08. The number of amides is 3. The van der Waals surface area contributed by atoms with E-state index in [1.54, 1.807) is 14.1 Å². The second kappa shape index (κ2) is 8.49. The minimum Gasteiger partial charge on any atom is -0.379 e. The summed E-state index contributed by atoms with van der Waals surface area (Å²) in [6.45, 7) is 10.1. The smallest absolute Gasteiger partial charge is 0.333 e. The number of piperidine rings is 1. The molecule has 0 aromatic heterocycles. The Kier molecular flexibility index (Phi) is 5.98. The molecule has 0 aromatic carbocycles. The maximum Gasteiger partial charge on any atom is 0.333 e. The molecule has 3 fully saturated rings. The van der Waals surface area contributed by atoms with Crippen molar-refractivity contribution in [3.63, 3.8) is 0 Å². The predicted molar refractivity (Wildman–Crippen MR) is 109 cm³/mol. The minimum absolute atomic E-state index is 0.184. The second-order valence-electron chi connectivity index (χ2n) is 8.66. The molecule has 4 rings (SSSR count). The van der Waals surface area contributed by atoms with Gasteiger partial charge in [-0.3, -0.25) is 24.4 Å². The Labute approximate surface area is 172 Å². The van der Waals surface area contributed by atoms with Gasteiger partial charge in [0.15, 0.2) is 0 Å². The normalized spacial score (nSPS) is 29.6. The number of likely N-dealkylation sites (tertiary alicyclic amines) is 1. The number of amidine groups is 2. The van der Waals surface area contributed by atoms with Crippen molar-refractivity contribution in [2.24, 2.45) is 10.9 Å². The van der Waals surface area contributed by atoms with Crippen molar-refractivity contribution >= 4 is 23.6 Å². The van der Waals surface area contributed by atoms with Crippen LogP contribution in [0.3, 0.4) is 0 Å². The van der Waals surface area contributed by atoms with Crippen molar-refractivity contribution in [1.29, 1.82) is 0 Å². The standard InChI is InChI=1S/C20H33N6O3/c1-15-5-4-6-25(13-15)14-16-21-18-17(19(27)23(3)20(28)22(18)2)26(16)8-7-24-9-11-29-12-10-24/h15,17H,4-14H2,1-3H3/q+1. The average molecular weight is 406 g/mol. The van der Waals surface area contributed by atoms with Crippen molar-refractivity contribution in [2.45, 2.75) is 25.8 Å². The van der Waals surface area contributed by atoms with E-state index in [9.17, 15) is 9.59 Å². The summed E-state index contributed by atoms with van der Waals surface area (Å²) in [5.74, 6) is 1.98. The first-order chi connectivity index (χ1) is 14.0. The number of nitrogens with zero attached hydrogens (tertiary/aromatic N) is 6. The summed E-state index contributed by atoms with van der Waals surface area (Å²) in [6.07, 6.45) is 2.46. The quantitative estimate of drug-likeness (QED) is 0.591. The first-order valence-electron chi connectivity index (χ1n) is 10.7. The minimum atomic E-state index is -0.499. The van der Waals surface area contributed by atoms with Crippen molar-refractivity contribution < 1.29 is 18.9 Å². The lowest BCUT2D eigenvalue weighted by molar-refractivity contribution is -0.536. The summed E-state index contributed by atoms with van der Waals surface area (Å²) < 4.78 is 7.58. The monoisotopic (exact) mass is 405 g/mol. The van der Waals surface area contributed by atoms with Gasteiger partial charge in [-0.05, 0) is 30.3 Å². The molecule has 0 aliphatic carbocycles. The summed E-state index contributed by atoms with van der Waals surface area (Å²) in [5, 5.41) is 0. The van der Waals surface area contributed by atoms with Crippen molar-refractivity contribution in [3.05, 3.63) is 0 Å². The topological polar surface area (TPSA) is 71.7 Å². The fourth-order valence-electron chi connectivity index (χ4n) is 4.74. The Balaban J connectivity index is 1.57. The van der Waals surface area contributed by atoms with Gasteiger partial charge in [0.05, 0.1) is 19.8 Å². The molecule has 4 heterocycles. The SMILES string of the molecule is CC1CCCN(CC2=[N+](CCN3CCOCC3)C3C(=O)N(C)C(=O)N(C)C3=N2)C1. The number of aliphatic imine (C=N–C) groups is 1. The first-order valence-corrected chi connectivity index (χ1v) is 10.7. The van der Waals surface area contributed by atoms with Gasteiger partial charge < -0.3 is 4.74 Å². The lowest BCUT2D eigenvalue weighted by Crippen LogP contribution is -2.62. The molecule has 160 valence electrons. The number of rotatable bonds is 5. The number of fused-ring (bicyclic) bond motifs is 1. The van der Waals surface area contributed by atoms with E-state index in [1.165, 1.54) is 22.6 Å². The molecule has 3 amide bonds. The summed E-state index contributed by atoms with van der Waals surface area (Å²) in [6, 6.07) is -0.813. The number of likely N-dealkylation sites (N-methyl/N-ethyl adjacent to an activating group) is 2. The fourth-order valence-corrected chi connectivity index (χ4v) is 4.74. The number of carbonyl (C=O) groups excluding carboxylic acids is 2. The third-order valence-corrected chi connectivity index (χ3v) is 6.48. The third kappa shape index (κ3) is 4.08. The lowest BCUT2D eigenvalue weighted by Gasteiger charge is -2.32. The highest BCUT2D eigenvalue weighted by molar-refractivity contribution is 6.23. The van der Waals surface area contributed by atoms with E-state index < -0.39 is 6.04 Å². The zero-order valence-corrected chi connectivity index (χ0v) is 17.8. The highest BCUT2D eigenvalue weighted by Crippen LogP contribution is 2.21. The van der Waals surface area contributed by atoms with Gasteiger partial charge in [0.1, 0.15) is 6.54 Å². The lowest BCUT2D eigenvalue weighted by atomic mass is 10.0. The van der Waals surface area contributed by atoms with E-state index in [0.717, 1.165) is 64.9 Å². The van der Waals surface area contributed by atoms with Gasteiger partial charge in [0.2, 0.25) is 0 Å². The zero-order chi connectivity index (χ0) is 20.5. The number of hydrogen-bond acceptors (Lipinski definition) is 6. The van der Waals surface area contributed by atoms with Gasteiger partial charge in [-0.25, -0.2) is 9.37 Å². The van der Waals surface area contributed by atoms with Gasteiger partial charge in [-0.2, -0.15) is 0 Å². The van der Waals surface area contributed by atoms with Gasteiger partial charge >= 0.3 is 11.9 Å². The third-order valence-electron chi connectivity index (χ3n) is 6.48. The number of carbonyl (C=O) groups is 2. The van der Waals surface area contributed by atoms with Crippen LogP contribution in [0.5, 0.6) is 0 Å². The van der Waals surface area contributed by atoms with Gasteiger partial charge in [-0.15, -0.1) is 0 Å². The highest BCUT2D eigenvalue weighted by Gasteiger charge is 2.53. The van der Waals surface area contributed by atoms with E-state index in [2.05, 4.69) is 21.3 Å². The number of hydrogen-bond donors (Lipinski definition) is 0. The molecule has 0 N–H and O–H groups in total. The maximum atomic E-state index is 13.0. The van der Waals surface area contributed by atoms with E-state index >= 15 is 0 Å². The number of imide groups is 1. The van der Waals surface area contributed by atoms with E-state index in [0.29, 0.717) is 11.8 Å². The maximum absolute atomic E-state index is 13.0.